The van der Waals surface area contributed by atoms with Crippen molar-refractivity contribution in [2.45, 2.75) is 6.61 Å². The molecule has 2 heterocycles. The molecule has 0 saturated carbocycles. The van der Waals surface area contributed by atoms with Crippen molar-refractivity contribution >= 4 is 17.6 Å². The zero-order chi connectivity index (χ0) is 17.9. The van der Waals surface area contributed by atoms with Gasteiger partial charge in [-0.15, -0.1) is 0 Å². The van der Waals surface area contributed by atoms with Crippen LogP contribution in [0.2, 0.25) is 0 Å². The van der Waals surface area contributed by atoms with Crippen LogP contribution in [0.25, 0.3) is 11.5 Å². The first kappa shape index (κ1) is 15.9. The van der Waals surface area contributed by atoms with Gasteiger partial charge in [-0.05, 0) is 30.3 Å². The van der Waals surface area contributed by atoms with Crippen molar-refractivity contribution in [2.75, 3.05) is 11.9 Å². The molecular formula is C19H14N2O5. The van der Waals surface area contributed by atoms with Gasteiger partial charge >= 0.3 is 5.97 Å². The summed E-state index contributed by atoms with van der Waals surface area (Å²) in [7, 11) is 0. The molecule has 7 heteroatoms. The molecule has 4 rings (SSSR count). The molecule has 0 saturated heterocycles. The summed E-state index contributed by atoms with van der Waals surface area (Å²) in [4.78, 5) is 27.8. The Balaban J connectivity index is 1.42. The highest BCUT2D eigenvalue weighted by Crippen LogP contribution is 2.29. The molecule has 0 radical (unpaired) electrons. The minimum absolute atomic E-state index is 0.0101. The molecule has 26 heavy (non-hydrogen) atoms. The molecule has 1 N–H and O–H groups in total. The summed E-state index contributed by atoms with van der Waals surface area (Å²) in [5.74, 6) is 0.159. The summed E-state index contributed by atoms with van der Waals surface area (Å²) in [6, 6.07) is 14.2. The number of nitrogens with zero attached hydrogens (tertiary/aromatic N) is 1. The summed E-state index contributed by atoms with van der Waals surface area (Å²) < 4.78 is 16.0. The standard InChI is InChI=1S/C19H14N2O5/c22-17-11-24-16-8-13(6-7-15(16)21-17)19(23)26-10-14-9-25-18(20-14)12-4-2-1-3-5-12/h1-9H,10-11H2,(H,21,22). The second kappa shape index (κ2) is 6.72. The number of rotatable bonds is 4. The van der Waals surface area contributed by atoms with Gasteiger partial charge < -0.3 is 19.2 Å². The average molecular weight is 350 g/mol. The smallest absolute Gasteiger partial charge is 0.338 e. The topological polar surface area (TPSA) is 90.7 Å². The van der Waals surface area contributed by atoms with Crippen molar-refractivity contribution in [2.24, 2.45) is 0 Å². The van der Waals surface area contributed by atoms with Crippen molar-refractivity contribution in [3.8, 4) is 17.2 Å². The molecule has 130 valence electrons. The lowest BCUT2D eigenvalue weighted by molar-refractivity contribution is -0.118. The third-order valence-corrected chi connectivity index (χ3v) is 3.77. The first-order chi connectivity index (χ1) is 12.7. The van der Waals surface area contributed by atoms with Crippen molar-refractivity contribution in [1.29, 1.82) is 0 Å². The van der Waals surface area contributed by atoms with Gasteiger partial charge in [0.15, 0.2) is 6.61 Å². The number of carbonyl (C=O) groups is 2. The lowest BCUT2D eigenvalue weighted by atomic mass is 10.1. The summed E-state index contributed by atoms with van der Waals surface area (Å²) >= 11 is 0. The van der Waals surface area contributed by atoms with Gasteiger partial charge in [-0.1, -0.05) is 18.2 Å². The Morgan fingerprint density at radius 1 is 1.19 bits per heavy atom. The van der Waals surface area contributed by atoms with E-state index < -0.39 is 5.97 Å². The molecule has 1 aliphatic heterocycles. The highest BCUT2D eigenvalue weighted by molar-refractivity contribution is 5.97. The number of amides is 1. The summed E-state index contributed by atoms with van der Waals surface area (Å²) in [6.07, 6.45) is 1.46. The van der Waals surface area contributed by atoms with Gasteiger partial charge in [0.05, 0.1) is 11.3 Å². The second-order valence-electron chi connectivity index (χ2n) is 5.63. The van der Waals surface area contributed by atoms with E-state index in [1.165, 1.54) is 12.3 Å². The maximum atomic E-state index is 12.2. The Hall–Kier alpha value is -3.61. The predicted molar refractivity (Wildman–Crippen MR) is 91.6 cm³/mol. The van der Waals surface area contributed by atoms with Crippen LogP contribution in [0.5, 0.6) is 5.75 Å². The first-order valence-corrected chi connectivity index (χ1v) is 7.93. The maximum Gasteiger partial charge on any atom is 0.338 e. The number of fused-ring (bicyclic) bond motifs is 1. The van der Waals surface area contributed by atoms with Gasteiger partial charge in [-0.3, -0.25) is 4.79 Å². The number of esters is 1. The predicted octanol–water partition coefficient (Wildman–Crippen LogP) is 3.03. The Kier molecular flexibility index (Phi) is 4.10. The fraction of sp³-hybridized carbons (Fsp3) is 0.105. The summed E-state index contributed by atoms with van der Waals surface area (Å²) in [6.45, 7) is -0.0868. The monoisotopic (exact) mass is 350 g/mol. The molecule has 0 atom stereocenters. The van der Waals surface area contributed by atoms with Crippen LogP contribution < -0.4 is 10.1 Å². The molecule has 1 aromatic heterocycles. The fourth-order valence-corrected chi connectivity index (χ4v) is 2.51. The van der Waals surface area contributed by atoms with Crippen molar-refractivity contribution in [3.63, 3.8) is 0 Å². The van der Waals surface area contributed by atoms with Crippen LogP contribution in [0.4, 0.5) is 5.69 Å². The zero-order valence-electron chi connectivity index (χ0n) is 13.6. The number of ether oxygens (including phenoxy) is 2. The van der Waals surface area contributed by atoms with Crippen LogP contribution >= 0.6 is 0 Å². The highest BCUT2D eigenvalue weighted by Gasteiger charge is 2.18. The molecule has 0 spiro atoms. The van der Waals surface area contributed by atoms with E-state index in [1.54, 1.807) is 12.1 Å². The number of carbonyl (C=O) groups excluding carboxylic acids is 2. The molecule has 0 aliphatic carbocycles. The number of oxazole rings is 1. The number of anilines is 1. The Morgan fingerprint density at radius 3 is 2.88 bits per heavy atom. The molecule has 0 unspecified atom stereocenters. The normalized spacial score (nSPS) is 12.7. The van der Waals surface area contributed by atoms with E-state index in [2.05, 4.69) is 10.3 Å². The van der Waals surface area contributed by atoms with E-state index in [9.17, 15) is 9.59 Å². The Labute approximate surface area is 148 Å². The van der Waals surface area contributed by atoms with E-state index in [-0.39, 0.29) is 19.1 Å². The third kappa shape index (κ3) is 3.27. The van der Waals surface area contributed by atoms with E-state index in [4.69, 9.17) is 13.9 Å². The average Bonchev–Trinajstić information content (AvgIpc) is 3.15. The van der Waals surface area contributed by atoms with Gasteiger partial charge in [-0.25, -0.2) is 9.78 Å². The molecule has 7 nitrogen and oxygen atoms in total. The number of hydrogen-bond acceptors (Lipinski definition) is 6. The minimum Gasteiger partial charge on any atom is -0.482 e. The van der Waals surface area contributed by atoms with Crippen LogP contribution in [0.3, 0.4) is 0 Å². The number of nitrogens with one attached hydrogen (secondary N) is 1. The van der Waals surface area contributed by atoms with Crippen LogP contribution in [-0.4, -0.2) is 23.5 Å². The third-order valence-electron chi connectivity index (χ3n) is 3.77. The summed E-state index contributed by atoms with van der Waals surface area (Å²) in [5.41, 5.74) is 2.21. The molecule has 3 aromatic rings. The molecule has 0 fully saturated rings. The molecular weight excluding hydrogens is 336 g/mol. The lowest BCUT2D eigenvalue weighted by Gasteiger charge is -2.18. The van der Waals surface area contributed by atoms with Crippen LogP contribution in [-0.2, 0) is 16.1 Å². The van der Waals surface area contributed by atoms with Gasteiger partial charge in [0.2, 0.25) is 5.89 Å². The van der Waals surface area contributed by atoms with Crippen molar-refractivity contribution in [3.05, 3.63) is 66.1 Å². The van der Waals surface area contributed by atoms with Gasteiger partial charge in [-0.2, -0.15) is 0 Å². The van der Waals surface area contributed by atoms with Crippen molar-refractivity contribution in [1.82, 2.24) is 4.98 Å². The molecule has 0 bridgehead atoms. The second-order valence-corrected chi connectivity index (χ2v) is 5.63. The largest absolute Gasteiger partial charge is 0.482 e. The van der Waals surface area contributed by atoms with Crippen molar-refractivity contribution < 1.29 is 23.5 Å². The zero-order valence-corrected chi connectivity index (χ0v) is 13.6. The van der Waals surface area contributed by atoms with Crippen LogP contribution in [0.1, 0.15) is 16.1 Å². The molecule has 1 aliphatic rings. The quantitative estimate of drug-likeness (QED) is 0.727. The lowest BCUT2D eigenvalue weighted by Crippen LogP contribution is -2.25. The van der Waals surface area contributed by atoms with Crippen LogP contribution in [0, 0.1) is 0 Å². The van der Waals surface area contributed by atoms with Crippen LogP contribution in [0.15, 0.2) is 59.2 Å². The number of aromatic nitrogens is 1. The molecule has 2 aromatic carbocycles. The van der Waals surface area contributed by atoms with E-state index in [1.807, 2.05) is 30.3 Å². The van der Waals surface area contributed by atoms with Gasteiger partial charge in [0, 0.05) is 5.56 Å². The highest BCUT2D eigenvalue weighted by atomic mass is 16.5. The Morgan fingerprint density at radius 2 is 2.04 bits per heavy atom. The minimum atomic E-state index is -0.516. The van der Waals surface area contributed by atoms with E-state index in [0.29, 0.717) is 28.6 Å². The van der Waals surface area contributed by atoms with E-state index in [0.717, 1.165) is 5.56 Å². The Bertz CT molecular complexity index is 965. The van der Waals surface area contributed by atoms with E-state index >= 15 is 0 Å². The fourth-order valence-electron chi connectivity index (χ4n) is 2.51. The number of benzene rings is 2. The van der Waals surface area contributed by atoms with Gasteiger partial charge in [0.25, 0.3) is 5.91 Å². The summed E-state index contributed by atoms with van der Waals surface area (Å²) in [5, 5.41) is 2.66. The SMILES string of the molecule is O=C1COc2cc(C(=O)OCc3coc(-c4ccccc4)n3)ccc2N1. The first-order valence-electron chi connectivity index (χ1n) is 7.93. The maximum absolute atomic E-state index is 12.2. The number of hydrogen-bond donors (Lipinski definition) is 1. The molecule has 1 amide bonds. The van der Waals surface area contributed by atoms with Gasteiger partial charge in [0.1, 0.15) is 24.3 Å².